The molecule has 2 aliphatic carbocycles. The summed E-state index contributed by atoms with van der Waals surface area (Å²) in [4.78, 5) is 24.6. The van der Waals surface area contributed by atoms with Crippen LogP contribution in [-0.4, -0.2) is 11.7 Å². The maximum atomic E-state index is 12.5. The van der Waals surface area contributed by atoms with Gasteiger partial charge in [-0.05, 0) is 62.8 Å². The number of carbonyl (C=O) groups excluding carboxylic acids is 2. The van der Waals surface area contributed by atoms with Crippen molar-refractivity contribution in [2.75, 3.05) is 5.32 Å². The Bertz CT molecular complexity index is 542. The fourth-order valence-corrected chi connectivity index (χ4v) is 3.98. The van der Waals surface area contributed by atoms with Crippen molar-refractivity contribution in [3.63, 3.8) is 0 Å². The third-order valence-corrected chi connectivity index (χ3v) is 4.91. The number of fused-ring (bicyclic) bond motifs is 2. The van der Waals surface area contributed by atoms with Crippen LogP contribution in [0.1, 0.15) is 43.2 Å². The molecule has 112 valence electrons. The van der Waals surface area contributed by atoms with Crippen LogP contribution in [0.3, 0.4) is 0 Å². The van der Waals surface area contributed by atoms with Crippen LogP contribution >= 0.6 is 0 Å². The van der Waals surface area contributed by atoms with E-state index in [4.69, 9.17) is 0 Å². The van der Waals surface area contributed by atoms with E-state index in [-0.39, 0.29) is 23.7 Å². The van der Waals surface area contributed by atoms with Gasteiger partial charge in [-0.15, -0.1) is 0 Å². The number of ketones is 1. The van der Waals surface area contributed by atoms with E-state index in [1.807, 2.05) is 26.0 Å². The zero-order valence-electron chi connectivity index (χ0n) is 12.8. The third-order valence-electron chi connectivity index (χ3n) is 4.91. The first kappa shape index (κ1) is 14.3. The van der Waals surface area contributed by atoms with Crippen molar-refractivity contribution in [2.45, 2.75) is 46.0 Å². The van der Waals surface area contributed by atoms with E-state index in [1.54, 1.807) is 0 Å². The molecule has 3 nitrogen and oxygen atoms in total. The smallest absolute Gasteiger partial charge is 0.227 e. The van der Waals surface area contributed by atoms with E-state index < -0.39 is 0 Å². The number of hydrogen-bond acceptors (Lipinski definition) is 2. The molecule has 0 aromatic heterocycles. The summed E-state index contributed by atoms with van der Waals surface area (Å²) in [7, 11) is 0. The molecule has 0 saturated heterocycles. The maximum Gasteiger partial charge on any atom is 0.227 e. The van der Waals surface area contributed by atoms with Gasteiger partial charge in [0.2, 0.25) is 5.91 Å². The number of hydrogen-bond donors (Lipinski definition) is 1. The van der Waals surface area contributed by atoms with Gasteiger partial charge in [0.15, 0.2) is 0 Å². The summed E-state index contributed by atoms with van der Waals surface area (Å²) in [5, 5.41) is 3.05. The molecule has 2 atom stereocenters. The summed E-state index contributed by atoms with van der Waals surface area (Å²) in [5.74, 6) is 0.764. The number of amides is 1. The Morgan fingerprint density at radius 2 is 1.62 bits per heavy atom. The van der Waals surface area contributed by atoms with Gasteiger partial charge >= 0.3 is 0 Å². The van der Waals surface area contributed by atoms with Crippen LogP contribution in [0.25, 0.3) is 0 Å². The molecule has 1 amide bonds. The highest BCUT2D eigenvalue weighted by Gasteiger charge is 2.41. The summed E-state index contributed by atoms with van der Waals surface area (Å²) in [5.41, 5.74) is 3.18. The average Bonchev–Trinajstić information content (AvgIpc) is 2.36. The first-order valence-electron chi connectivity index (χ1n) is 7.96. The lowest BCUT2D eigenvalue weighted by atomic mass is 9.67. The van der Waals surface area contributed by atoms with E-state index >= 15 is 0 Å². The van der Waals surface area contributed by atoms with Gasteiger partial charge in [-0.25, -0.2) is 0 Å². The molecule has 2 bridgehead atoms. The molecule has 2 fully saturated rings. The van der Waals surface area contributed by atoms with Crippen LogP contribution in [0.4, 0.5) is 5.69 Å². The van der Waals surface area contributed by atoms with E-state index in [9.17, 15) is 9.59 Å². The van der Waals surface area contributed by atoms with Crippen molar-refractivity contribution < 1.29 is 9.59 Å². The van der Waals surface area contributed by atoms with Crippen molar-refractivity contribution in [3.05, 3.63) is 29.3 Å². The largest absolute Gasteiger partial charge is 0.326 e. The van der Waals surface area contributed by atoms with Crippen molar-refractivity contribution in [3.8, 4) is 0 Å². The van der Waals surface area contributed by atoms with Gasteiger partial charge in [0, 0.05) is 23.4 Å². The Morgan fingerprint density at radius 1 is 1.05 bits per heavy atom. The maximum absolute atomic E-state index is 12.5. The van der Waals surface area contributed by atoms with Crippen molar-refractivity contribution in [1.82, 2.24) is 0 Å². The topological polar surface area (TPSA) is 46.2 Å². The molecule has 0 heterocycles. The molecule has 3 rings (SSSR count). The summed E-state index contributed by atoms with van der Waals surface area (Å²) in [6, 6.07) is 6.10. The Hall–Kier alpha value is -1.64. The second-order valence-electron chi connectivity index (χ2n) is 6.76. The molecule has 0 radical (unpaired) electrons. The SMILES string of the molecule is Cc1cc(C)cc(NC(=O)C2CC3CCCC(C2)C3=O)c1. The molecule has 21 heavy (non-hydrogen) atoms. The Morgan fingerprint density at radius 3 is 2.19 bits per heavy atom. The lowest BCUT2D eigenvalue weighted by Crippen LogP contribution is -2.40. The van der Waals surface area contributed by atoms with Crippen molar-refractivity contribution in [1.29, 1.82) is 0 Å². The van der Waals surface area contributed by atoms with Gasteiger partial charge in [0.1, 0.15) is 5.78 Å². The standard InChI is InChI=1S/C18H23NO2/c1-11-6-12(2)8-16(7-11)19-18(21)15-9-13-4-3-5-14(10-15)17(13)20/h6-8,13-15H,3-5,9-10H2,1-2H3,(H,19,21). The minimum atomic E-state index is -0.00109. The van der Waals surface area contributed by atoms with Gasteiger partial charge in [-0.2, -0.15) is 0 Å². The normalized spacial score (nSPS) is 28.3. The number of nitrogens with one attached hydrogen (secondary N) is 1. The first-order valence-corrected chi connectivity index (χ1v) is 7.96. The Kier molecular flexibility index (Phi) is 3.83. The molecule has 2 unspecified atom stereocenters. The van der Waals surface area contributed by atoms with E-state index in [1.165, 1.54) is 0 Å². The quantitative estimate of drug-likeness (QED) is 0.901. The third kappa shape index (κ3) is 3.02. The summed E-state index contributed by atoms with van der Waals surface area (Å²) in [6.07, 6.45) is 4.58. The molecular formula is C18H23NO2. The highest BCUT2D eigenvalue weighted by Crippen LogP contribution is 2.40. The highest BCUT2D eigenvalue weighted by atomic mass is 16.2. The Labute approximate surface area is 126 Å². The second kappa shape index (κ2) is 5.63. The second-order valence-corrected chi connectivity index (χ2v) is 6.76. The number of aryl methyl sites for hydroxylation is 2. The zero-order chi connectivity index (χ0) is 15.0. The predicted octanol–water partition coefficient (Wildman–Crippen LogP) is 3.64. The van der Waals surface area contributed by atoms with Crippen LogP contribution in [-0.2, 0) is 9.59 Å². The van der Waals surface area contributed by atoms with Gasteiger partial charge < -0.3 is 5.32 Å². The van der Waals surface area contributed by atoms with Crippen molar-refractivity contribution in [2.24, 2.45) is 17.8 Å². The van der Waals surface area contributed by atoms with Crippen LogP contribution in [0.15, 0.2) is 18.2 Å². The van der Waals surface area contributed by atoms with E-state index in [0.717, 1.165) is 48.9 Å². The van der Waals surface area contributed by atoms with Crippen LogP contribution in [0.5, 0.6) is 0 Å². The first-order chi connectivity index (χ1) is 10.0. The molecule has 1 N–H and O–H groups in total. The number of anilines is 1. The lowest BCUT2D eigenvalue weighted by molar-refractivity contribution is -0.136. The molecule has 2 saturated carbocycles. The molecule has 3 heteroatoms. The highest BCUT2D eigenvalue weighted by molar-refractivity contribution is 5.95. The zero-order valence-corrected chi connectivity index (χ0v) is 12.8. The van der Waals surface area contributed by atoms with Crippen LogP contribution in [0.2, 0.25) is 0 Å². The number of Topliss-reactive ketones (excluding diaryl/α,β-unsaturated/α-hetero) is 1. The van der Waals surface area contributed by atoms with E-state index in [2.05, 4.69) is 11.4 Å². The number of rotatable bonds is 2. The molecular weight excluding hydrogens is 262 g/mol. The summed E-state index contributed by atoms with van der Waals surface area (Å²) in [6.45, 7) is 4.07. The van der Waals surface area contributed by atoms with Gasteiger partial charge in [-0.1, -0.05) is 12.5 Å². The number of carbonyl (C=O) groups is 2. The van der Waals surface area contributed by atoms with Gasteiger partial charge in [-0.3, -0.25) is 9.59 Å². The molecule has 0 spiro atoms. The fourth-order valence-electron chi connectivity index (χ4n) is 3.98. The Balaban J connectivity index is 1.70. The molecule has 0 aliphatic heterocycles. The molecule has 1 aromatic rings. The fraction of sp³-hybridized carbons (Fsp3) is 0.556. The van der Waals surface area contributed by atoms with Crippen LogP contribution in [0, 0.1) is 31.6 Å². The average molecular weight is 285 g/mol. The predicted molar refractivity (Wildman–Crippen MR) is 83.1 cm³/mol. The van der Waals surface area contributed by atoms with Crippen molar-refractivity contribution >= 4 is 17.4 Å². The summed E-state index contributed by atoms with van der Waals surface area (Å²) < 4.78 is 0. The summed E-state index contributed by atoms with van der Waals surface area (Å²) >= 11 is 0. The number of benzene rings is 1. The minimum Gasteiger partial charge on any atom is -0.326 e. The molecule has 1 aromatic carbocycles. The minimum absolute atomic E-state index is 0.00109. The van der Waals surface area contributed by atoms with E-state index in [0.29, 0.717) is 5.78 Å². The van der Waals surface area contributed by atoms with Crippen LogP contribution < -0.4 is 5.32 Å². The monoisotopic (exact) mass is 285 g/mol. The molecule has 2 aliphatic rings. The van der Waals surface area contributed by atoms with Gasteiger partial charge in [0.25, 0.3) is 0 Å². The lowest BCUT2D eigenvalue weighted by Gasteiger charge is -2.36. The van der Waals surface area contributed by atoms with Gasteiger partial charge in [0.05, 0.1) is 0 Å².